The molecule has 1 aliphatic carbocycles. The quantitative estimate of drug-likeness (QED) is 0.667. The number of ether oxygens (including phenoxy) is 1. The SMILES string of the molecule is CC(C)(C)C1CCCCC12CN=C(N)O2. The summed E-state index contributed by atoms with van der Waals surface area (Å²) in [6.07, 6.45) is 4.91. The summed E-state index contributed by atoms with van der Waals surface area (Å²) >= 11 is 0. The second kappa shape index (κ2) is 3.39. The van der Waals surface area contributed by atoms with E-state index >= 15 is 0 Å². The predicted molar refractivity (Wildman–Crippen MR) is 61.7 cm³/mol. The molecule has 0 saturated heterocycles. The van der Waals surface area contributed by atoms with Crippen LogP contribution in [0.5, 0.6) is 0 Å². The Bertz CT molecular complexity index is 280. The summed E-state index contributed by atoms with van der Waals surface area (Å²) in [6.45, 7) is 7.65. The normalized spacial score (nSPS) is 36.5. The molecule has 2 N–H and O–H groups in total. The molecule has 0 amide bonds. The van der Waals surface area contributed by atoms with E-state index in [0.717, 1.165) is 13.0 Å². The number of nitrogens with two attached hydrogens (primary N) is 1. The maximum atomic E-state index is 5.86. The zero-order valence-corrected chi connectivity index (χ0v) is 10.0. The zero-order valence-electron chi connectivity index (χ0n) is 10.0. The predicted octanol–water partition coefficient (Wildman–Crippen LogP) is 2.31. The maximum absolute atomic E-state index is 5.86. The van der Waals surface area contributed by atoms with Crippen molar-refractivity contribution in [2.75, 3.05) is 6.54 Å². The molecule has 86 valence electrons. The first-order valence-corrected chi connectivity index (χ1v) is 5.93. The molecule has 1 heterocycles. The van der Waals surface area contributed by atoms with Gasteiger partial charge in [0.25, 0.3) is 6.02 Å². The molecule has 1 spiro atoms. The third kappa shape index (κ3) is 1.84. The van der Waals surface area contributed by atoms with E-state index in [4.69, 9.17) is 10.5 Å². The van der Waals surface area contributed by atoms with Crippen molar-refractivity contribution in [1.29, 1.82) is 0 Å². The van der Waals surface area contributed by atoms with Gasteiger partial charge in [-0.25, -0.2) is 4.99 Å². The first-order chi connectivity index (χ1) is 6.94. The third-order valence-electron chi connectivity index (χ3n) is 3.83. The van der Waals surface area contributed by atoms with Gasteiger partial charge in [0.05, 0.1) is 6.54 Å². The van der Waals surface area contributed by atoms with Crippen molar-refractivity contribution in [2.24, 2.45) is 22.1 Å². The van der Waals surface area contributed by atoms with Crippen LogP contribution in [0.15, 0.2) is 4.99 Å². The Morgan fingerprint density at radius 1 is 1.40 bits per heavy atom. The maximum Gasteiger partial charge on any atom is 0.282 e. The minimum Gasteiger partial charge on any atom is -0.457 e. The molecule has 15 heavy (non-hydrogen) atoms. The van der Waals surface area contributed by atoms with Gasteiger partial charge in [-0.1, -0.05) is 27.2 Å². The second-order valence-electron chi connectivity index (χ2n) is 5.99. The third-order valence-corrected chi connectivity index (χ3v) is 3.83. The largest absolute Gasteiger partial charge is 0.457 e. The molecule has 1 fully saturated rings. The number of hydrogen-bond acceptors (Lipinski definition) is 3. The molecule has 0 aromatic rings. The van der Waals surface area contributed by atoms with Crippen LogP contribution < -0.4 is 5.73 Å². The molecular formula is C12H22N2O. The molecule has 2 unspecified atom stereocenters. The van der Waals surface area contributed by atoms with Crippen molar-refractivity contribution in [3.05, 3.63) is 0 Å². The highest BCUT2D eigenvalue weighted by molar-refractivity contribution is 5.73. The Labute approximate surface area is 92.1 Å². The number of hydrogen-bond donors (Lipinski definition) is 1. The van der Waals surface area contributed by atoms with Crippen LogP contribution in [-0.4, -0.2) is 18.2 Å². The van der Waals surface area contributed by atoms with E-state index in [9.17, 15) is 0 Å². The van der Waals surface area contributed by atoms with Crippen LogP contribution in [0.3, 0.4) is 0 Å². The molecule has 0 aromatic heterocycles. The van der Waals surface area contributed by atoms with Crippen LogP contribution in [-0.2, 0) is 4.74 Å². The molecule has 0 radical (unpaired) electrons. The second-order valence-corrected chi connectivity index (χ2v) is 5.99. The number of rotatable bonds is 0. The average Bonchev–Trinajstić information content (AvgIpc) is 2.47. The van der Waals surface area contributed by atoms with E-state index < -0.39 is 0 Å². The lowest BCUT2D eigenvalue weighted by molar-refractivity contribution is -0.0582. The van der Waals surface area contributed by atoms with Gasteiger partial charge in [-0.15, -0.1) is 0 Å². The molecule has 1 aliphatic heterocycles. The molecule has 3 nitrogen and oxygen atoms in total. The summed E-state index contributed by atoms with van der Waals surface area (Å²) in [6, 6.07) is 0.395. The van der Waals surface area contributed by atoms with E-state index in [2.05, 4.69) is 25.8 Å². The number of amidine groups is 1. The minimum absolute atomic E-state index is 0.0828. The van der Waals surface area contributed by atoms with Crippen molar-refractivity contribution in [3.63, 3.8) is 0 Å². The number of nitrogens with zero attached hydrogens (tertiary/aromatic N) is 1. The topological polar surface area (TPSA) is 47.6 Å². The first kappa shape index (κ1) is 10.8. The van der Waals surface area contributed by atoms with E-state index in [1.807, 2.05) is 0 Å². The molecule has 1 saturated carbocycles. The fourth-order valence-electron chi connectivity index (χ4n) is 3.23. The van der Waals surface area contributed by atoms with Crippen molar-refractivity contribution < 1.29 is 4.74 Å². The Morgan fingerprint density at radius 3 is 2.67 bits per heavy atom. The smallest absolute Gasteiger partial charge is 0.282 e. The van der Waals surface area contributed by atoms with Crippen molar-refractivity contribution >= 4 is 6.02 Å². The fourth-order valence-corrected chi connectivity index (χ4v) is 3.23. The number of aliphatic imine (C=N–C) groups is 1. The summed E-state index contributed by atoms with van der Waals surface area (Å²) in [5, 5.41) is 0. The van der Waals surface area contributed by atoms with Gasteiger partial charge >= 0.3 is 0 Å². The summed E-state index contributed by atoms with van der Waals surface area (Å²) in [5.41, 5.74) is 5.87. The van der Waals surface area contributed by atoms with Gasteiger partial charge in [-0.2, -0.15) is 0 Å². The average molecular weight is 210 g/mol. The van der Waals surface area contributed by atoms with Crippen LogP contribution in [0.4, 0.5) is 0 Å². The van der Waals surface area contributed by atoms with Gasteiger partial charge in [0, 0.05) is 5.92 Å². The van der Waals surface area contributed by atoms with E-state index in [1.54, 1.807) is 0 Å². The van der Waals surface area contributed by atoms with Crippen molar-refractivity contribution in [2.45, 2.75) is 52.1 Å². The minimum atomic E-state index is -0.0828. The van der Waals surface area contributed by atoms with Crippen LogP contribution in [0.1, 0.15) is 46.5 Å². The van der Waals surface area contributed by atoms with Crippen LogP contribution in [0, 0.1) is 11.3 Å². The highest BCUT2D eigenvalue weighted by Crippen LogP contribution is 2.47. The van der Waals surface area contributed by atoms with Gasteiger partial charge in [0.2, 0.25) is 0 Å². The Hall–Kier alpha value is -0.730. The van der Waals surface area contributed by atoms with E-state index in [0.29, 0.717) is 11.9 Å². The van der Waals surface area contributed by atoms with Crippen LogP contribution >= 0.6 is 0 Å². The van der Waals surface area contributed by atoms with E-state index in [-0.39, 0.29) is 11.0 Å². The highest BCUT2D eigenvalue weighted by Gasteiger charge is 2.50. The van der Waals surface area contributed by atoms with E-state index in [1.165, 1.54) is 19.3 Å². The molecule has 2 aliphatic rings. The Kier molecular flexibility index (Phi) is 2.44. The Balaban J connectivity index is 2.21. The monoisotopic (exact) mass is 210 g/mol. The zero-order chi connectivity index (χ0) is 11.1. The molecule has 2 atom stereocenters. The summed E-state index contributed by atoms with van der Waals surface area (Å²) in [7, 11) is 0. The highest BCUT2D eigenvalue weighted by atomic mass is 16.5. The summed E-state index contributed by atoms with van der Waals surface area (Å²) in [5.74, 6) is 0.573. The summed E-state index contributed by atoms with van der Waals surface area (Å²) in [4.78, 5) is 4.25. The lowest BCUT2D eigenvalue weighted by Gasteiger charge is -2.46. The lowest BCUT2D eigenvalue weighted by Crippen LogP contribution is -2.50. The molecule has 3 heteroatoms. The van der Waals surface area contributed by atoms with Gasteiger partial charge in [-0.3, -0.25) is 0 Å². The fraction of sp³-hybridized carbons (Fsp3) is 0.917. The van der Waals surface area contributed by atoms with Gasteiger partial charge in [0.15, 0.2) is 0 Å². The molecule has 0 bridgehead atoms. The molecular weight excluding hydrogens is 188 g/mol. The lowest BCUT2D eigenvalue weighted by atomic mass is 9.64. The van der Waals surface area contributed by atoms with Gasteiger partial charge in [-0.05, 0) is 24.7 Å². The van der Waals surface area contributed by atoms with Gasteiger partial charge in [0.1, 0.15) is 5.60 Å². The van der Waals surface area contributed by atoms with Crippen LogP contribution in [0.25, 0.3) is 0 Å². The van der Waals surface area contributed by atoms with Crippen LogP contribution in [0.2, 0.25) is 0 Å². The summed E-state index contributed by atoms with van der Waals surface area (Å²) < 4.78 is 5.86. The molecule has 0 aromatic carbocycles. The standard InChI is InChI=1S/C12H22N2O/c1-11(2,3)9-6-4-5-7-12(9)8-14-10(13)15-12/h9H,4-8H2,1-3H3,(H2,13,14). The molecule has 2 rings (SSSR count). The van der Waals surface area contributed by atoms with Crippen molar-refractivity contribution in [3.8, 4) is 0 Å². The Morgan fingerprint density at radius 2 is 2.13 bits per heavy atom. The first-order valence-electron chi connectivity index (χ1n) is 5.93. The van der Waals surface area contributed by atoms with Crippen molar-refractivity contribution in [1.82, 2.24) is 0 Å². The van der Waals surface area contributed by atoms with Gasteiger partial charge < -0.3 is 10.5 Å².